The maximum atomic E-state index is 13.5. The smallest absolute Gasteiger partial charge is 0.468 e. The topological polar surface area (TPSA) is 196 Å². The number of nitrogens with zero attached hydrogens (tertiary/aromatic N) is 1. The molecule has 4 N–H and O–H groups in total. The van der Waals surface area contributed by atoms with E-state index in [4.69, 9.17) is 13.8 Å². The van der Waals surface area contributed by atoms with E-state index in [0.717, 1.165) is 4.57 Å². The van der Waals surface area contributed by atoms with Crippen molar-refractivity contribution < 1.29 is 50.6 Å². The van der Waals surface area contributed by atoms with Crippen LogP contribution in [0.15, 0.2) is 58.3 Å². The molecule has 2 aromatic rings. The summed E-state index contributed by atoms with van der Waals surface area (Å²) in [5.74, 6) is -2.99. The van der Waals surface area contributed by atoms with Crippen molar-refractivity contribution >= 4 is 25.5 Å². The minimum Gasteiger partial charge on any atom is -0.468 e. The lowest BCUT2D eigenvalue weighted by Crippen LogP contribution is -2.37. The fourth-order valence-corrected chi connectivity index (χ4v) is 5.80. The van der Waals surface area contributed by atoms with E-state index in [0.29, 0.717) is 25.7 Å². The van der Waals surface area contributed by atoms with Crippen LogP contribution < -0.4 is 31.5 Å². The Morgan fingerprint density at radius 3 is 2.35 bits per heavy atom. The van der Waals surface area contributed by atoms with Crippen LogP contribution in [-0.2, 0) is 39.4 Å². The van der Waals surface area contributed by atoms with E-state index in [1.165, 1.54) is 32.4 Å². The van der Waals surface area contributed by atoms with Crippen LogP contribution in [0.3, 0.4) is 0 Å². The summed E-state index contributed by atoms with van der Waals surface area (Å²) in [6.45, 7) is 1.21. The molecular formula is C29H37F3N5O10P. The van der Waals surface area contributed by atoms with Crippen LogP contribution >= 0.6 is 7.75 Å². The molecule has 2 amide bonds. The molecule has 48 heavy (non-hydrogen) atoms. The molecule has 0 spiro atoms. The number of alkyl halides is 3. The SMILES string of the molecule is COC(=O)[C@H](C)NP(=O)(OC[C@H]1C=C[C@@H](n2cc(CC(=O)NCCCCCCNC(=O)C(F)(F)F)c(=O)[nH]c2=O)O1)Oc1ccccc1. The summed E-state index contributed by atoms with van der Waals surface area (Å²) in [6, 6.07) is 7.06. The van der Waals surface area contributed by atoms with Crippen molar-refractivity contribution in [3.63, 3.8) is 0 Å². The van der Waals surface area contributed by atoms with Gasteiger partial charge in [0.2, 0.25) is 5.91 Å². The van der Waals surface area contributed by atoms with Crippen molar-refractivity contribution in [1.29, 1.82) is 0 Å². The lowest BCUT2D eigenvalue weighted by molar-refractivity contribution is -0.173. The first kappa shape index (κ1) is 38.2. The molecule has 4 atom stereocenters. The van der Waals surface area contributed by atoms with Gasteiger partial charge in [-0.05, 0) is 38.0 Å². The van der Waals surface area contributed by atoms with Gasteiger partial charge in [-0.15, -0.1) is 0 Å². The molecule has 264 valence electrons. The third-order valence-corrected chi connectivity index (χ3v) is 8.37. The molecule has 0 bridgehead atoms. The molecule has 0 aliphatic carbocycles. The normalized spacial score (nSPS) is 17.7. The minimum absolute atomic E-state index is 0.0223. The van der Waals surface area contributed by atoms with E-state index >= 15 is 0 Å². The number of para-hydroxylation sites is 1. The van der Waals surface area contributed by atoms with E-state index in [9.17, 15) is 41.7 Å². The molecule has 0 saturated heterocycles. The second-order valence-electron chi connectivity index (χ2n) is 10.5. The van der Waals surface area contributed by atoms with E-state index < -0.39 is 61.3 Å². The molecule has 1 unspecified atom stereocenters. The van der Waals surface area contributed by atoms with Crippen molar-refractivity contribution in [2.45, 2.75) is 63.6 Å². The van der Waals surface area contributed by atoms with E-state index in [1.54, 1.807) is 35.6 Å². The average molecular weight is 704 g/mol. The Balaban J connectivity index is 1.51. The predicted octanol–water partition coefficient (Wildman–Crippen LogP) is 2.24. The van der Waals surface area contributed by atoms with E-state index in [-0.39, 0.29) is 37.4 Å². The number of ether oxygens (including phenoxy) is 2. The van der Waals surface area contributed by atoms with Crippen LogP contribution in [0, 0.1) is 0 Å². The number of nitrogens with one attached hydrogen (secondary N) is 4. The van der Waals surface area contributed by atoms with Gasteiger partial charge < -0.3 is 24.6 Å². The van der Waals surface area contributed by atoms with Gasteiger partial charge in [-0.3, -0.25) is 33.3 Å². The summed E-state index contributed by atoms with van der Waals surface area (Å²) < 4.78 is 72.7. The number of benzene rings is 1. The number of hydrogen-bond donors (Lipinski definition) is 4. The van der Waals surface area contributed by atoms with Crippen LogP contribution in [0.4, 0.5) is 13.2 Å². The number of carbonyl (C=O) groups excluding carboxylic acids is 3. The molecular weight excluding hydrogens is 666 g/mol. The zero-order valence-electron chi connectivity index (χ0n) is 26.1. The number of aromatic amines is 1. The minimum atomic E-state index is -4.92. The summed E-state index contributed by atoms with van der Waals surface area (Å²) >= 11 is 0. The Morgan fingerprint density at radius 1 is 1.04 bits per heavy atom. The first-order chi connectivity index (χ1) is 22.7. The molecule has 1 aliphatic rings. The third kappa shape index (κ3) is 12.1. The molecule has 19 heteroatoms. The lowest BCUT2D eigenvalue weighted by atomic mass is 10.2. The van der Waals surface area contributed by atoms with Gasteiger partial charge >= 0.3 is 31.5 Å². The standard InChI is InChI=1S/C29H37F3N5O10P/c1-19(26(40)44-2)36-48(43,47-21-10-6-5-7-11-21)45-18-22-12-13-24(46-22)37-17-20(25(39)35-28(37)42)16-23(38)33-14-8-3-4-9-15-34-27(41)29(30,31)32/h5-7,10-13,17,19,22,24H,3-4,8-9,14-16,18H2,1-2H3,(H,33,38)(H,34,41)(H,36,43)(H,35,39,42)/t19-,22+,24-,48?/m0/s1. The van der Waals surface area contributed by atoms with Crippen molar-refractivity contribution in [3.05, 3.63) is 75.1 Å². The Hall–Kier alpha value is -4.25. The molecule has 2 heterocycles. The first-order valence-corrected chi connectivity index (χ1v) is 16.4. The zero-order valence-corrected chi connectivity index (χ0v) is 27.0. The van der Waals surface area contributed by atoms with Crippen molar-refractivity contribution in [1.82, 2.24) is 25.3 Å². The maximum absolute atomic E-state index is 13.5. The predicted molar refractivity (Wildman–Crippen MR) is 164 cm³/mol. The number of methoxy groups -OCH3 is 1. The van der Waals surface area contributed by atoms with Crippen molar-refractivity contribution in [2.75, 3.05) is 26.8 Å². The summed E-state index contributed by atoms with van der Waals surface area (Å²) in [6.07, 6.45) is -0.930. The zero-order chi connectivity index (χ0) is 35.3. The Morgan fingerprint density at radius 2 is 1.71 bits per heavy atom. The van der Waals surface area contributed by atoms with Crippen molar-refractivity contribution in [3.8, 4) is 5.75 Å². The van der Waals surface area contributed by atoms with Gasteiger partial charge in [0.25, 0.3) is 5.56 Å². The van der Waals surface area contributed by atoms with E-state index in [1.807, 2.05) is 0 Å². The van der Waals surface area contributed by atoms with Gasteiger partial charge in [0.1, 0.15) is 17.9 Å². The summed E-state index contributed by atoms with van der Waals surface area (Å²) in [5.41, 5.74) is -1.59. The van der Waals surface area contributed by atoms with Gasteiger partial charge in [-0.25, -0.2) is 9.36 Å². The maximum Gasteiger partial charge on any atom is 0.471 e. The fraction of sp³-hybridized carbons (Fsp3) is 0.483. The second-order valence-corrected chi connectivity index (χ2v) is 12.2. The molecule has 1 aromatic heterocycles. The Kier molecular flexibility index (Phi) is 14.1. The van der Waals surface area contributed by atoms with Gasteiger partial charge in [0, 0.05) is 24.8 Å². The van der Waals surface area contributed by atoms with Gasteiger partial charge in [0.15, 0.2) is 6.23 Å². The fourth-order valence-electron chi connectivity index (χ4n) is 4.30. The van der Waals surface area contributed by atoms with Crippen LogP contribution in [0.1, 0.15) is 44.4 Å². The number of halogens is 3. The quantitative estimate of drug-likeness (QED) is 0.0770. The van der Waals surface area contributed by atoms with Crippen molar-refractivity contribution in [2.24, 2.45) is 0 Å². The molecule has 0 fully saturated rings. The third-order valence-electron chi connectivity index (χ3n) is 6.72. The molecule has 1 aromatic carbocycles. The first-order valence-electron chi connectivity index (χ1n) is 14.9. The number of unbranched alkanes of at least 4 members (excludes halogenated alkanes) is 3. The van der Waals surface area contributed by atoms with Gasteiger partial charge in [-0.2, -0.15) is 18.3 Å². The molecule has 3 rings (SSSR count). The van der Waals surface area contributed by atoms with Gasteiger partial charge in [-0.1, -0.05) is 37.1 Å². The molecule has 0 saturated carbocycles. The van der Waals surface area contributed by atoms with Crippen LogP contribution in [-0.4, -0.2) is 72.5 Å². The molecule has 0 radical (unpaired) electrons. The largest absolute Gasteiger partial charge is 0.471 e. The molecule has 1 aliphatic heterocycles. The van der Waals surface area contributed by atoms with E-state index in [2.05, 4.69) is 20.1 Å². The number of esters is 1. The average Bonchev–Trinajstić information content (AvgIpc) is 3.51. The highest BCUT2D eigenvalue weighted by molar-refractivity contribution is 7.52. The monoisotopic (exact) mass is 703 g/mol. The highest BCUT2D eigenvalue weighted by Crippen LogP contribution is 2.45. The summed E-state index contributed by atoms with van der Waals surface area (Å²) in [4.78, 5) is 62.3. The summed E-state index contributed by atoms with van der Waals surface area (Å²) in [5, 5.41) is 6.94. The summed E-state index contributed by atoms with van der Waals surface area (Å²) in [7, 11) is -2.98. The highest BCUT2D eigenvalue weighted by Gasteiger charge is 2.38. The Bertz CT molecular complexity index is 1600. The molecule has 15 nitrogen and oxygen atoms in total. The number of carbonyl (C=O) groups is 3. The number of H-pyrrole nitrogens is 1. The highest BCUT2D eigenvalue weighted by atomic mass is 31.2. The van der Waals surface area contributed by atoms with Gasteiger partial charge in [0.05, 0.1) is 20.1 Å². The van der Waals surface area contributed by atoms with Crippen LogP contribution in [0.2, 0.25) is 0 Å². The van der Waals surface area contributed by atoms with Crippen LogP contribution in [0.25, 0.3) is 0 Å². The second kappa shape index (κ2) is 17.8. The number of rotatable bonds is 18. The van der Waals surface area contributed by atoms with Crippen LogP contribution in [0.5, 0.6) is 5.75 Å². The number of hydrogen-bond acceptors (Lipinski definition) is 10. The number of amides is 2. The Labute approximate surface area is 272 Å². The number of aromatic nitrogens is 2. The lowest BCUT2D eigenvalue weighted by Gasteiger charge is -2.24.